The molecule has 8 nitrogen and oxygen atoms in total. The number of hydrogen-bond donors (Lipinski definition) is 0. The van der Waals surface area contributed by atoms with Crippen molar-refractivity contribution in [1.82, 2.24) is 4.57 Å². The van der Waals surface area contributed by atoms with Crippen molar-refractivity contribution < 1.29 is 28.5 Å². The van der Waals surface area contributed by atoms with E-state index in [-0.39, 0.29) is 49.3 Å². The van der Waals surface area contributed by atoms with Crippen LogP contribution in [0.1, 0.15) is 62.9 Å². The second-order valence-electron chi connectivity index (χ2n) is 9.50. The summed E-state index contributed by atoms with van der Waals surface area (Å²) in [5.74, 6) is -1.34. The summed E-state index contributed by atoms with van der Waals surface area (Å²) in [6, 6.07) is 24.9. The van der Waals surface area contributed by atoms with Crippen molar-refractivity contribution in [2.24, 2.45) is 0 Å². The van der Waals surface area contributed by atoms with Gasteiger partial charge in [-0.25, -0.2) is 9.59 Å². The standard InChI is InChI=1S/C33H31NO7/c1-3-38-32(36)27-19-34(18-26-24-15-9-8-14-23(24)21-40-28-17-11-10-16-25(26)28)29(33(37)39-4-2)31(30(27)35)41-20-22-12-6-5-7-13-22/h5-17,19,26H,3-4,18,20-21H2,1-2H3. The number of carbonyl (C=O) groups is 2. The summed E-state index contributed by atoms with van der Waals surface area (Å²) in [6.45, 7) is 4.12. The summed E-state index contributed by atoms with van der Waals surface area (Å²) < 4.78 is 24.3. The molecular weight excluding hydrogens is 522 g/mol. The van der Waals surface area contributed by atoms with Gasteiger partial charge < -0.3 is 23.5 Å². The minimum absolute atomic E-state index is 0.0116. The van der Waals surface area contributed by atoms with Crippen LogP contribution in [0.25, 0.3) is 0 Å². The number of aromatic nitrogens is 1. The van der Waals surface area contributed by atoms with Crippen molar-refractivity contribution in [3.63, 3.8) is 0 Å². The smallest absolute Gasteiger partial charge is 0.358 e. The summed E-state index contributed by atoms with van der Waals surface area (Å²) in [6.07, 6.45) is 1.37. The van der Waals surface area contributed by atoms with Gasteiger partial charge in [0.25, 0.3) is 0 Å². The number of hydrogen-bond acceptors (Lipinski definition) is 7. The lowest BCUT2D eigenvalue weighted by atomic mass is 9.88. The summed E-state index contributed by atoms with van der Waals surface area (Å²) in [5, 5.41) is 0. The van der Waals surface area contributed by atoms with Crippen molar-refractivity contribution in [3.8, 4) is 11.5 Å². The average Bonchev–Trinajstić information content (AvgIpc) is 3.15. The summed E-state index contributed by atoms with van der Waals surface area (Å²) in [5.41, 5.74) is 2.68. The van der Waals surface area contributed by atoms with E-state index in [0.29, 0.717) is 6.61 Å². The van der Waals surface area contributed by atoms with Crippen molar-refractivity contribution in [2.45, 2.75) is 39.5 Å². The monoisotopic (exact) mass is 553 g/mol. The Labute approximate surface area is 238 Å². The van der Waals surface area contributed by atoms with Gasteiger partial charge in [0.1, 0.15) is 24.5 Å². The number of ether oxygens (including phenoxy) is 4. The number of fused-ring (bicyclic) bond motifs is 2. The summed E-state index contributed by atoms with van der Waals surface area (Å²) >= 11 is 0. The molecule has 1 aliphatic heterocycles. The van der Waals surface area contributed by atoms with Crippen LogP contribution in [0, 0.1) is 0 Å². The minimum Gasteiger partial charge on any atom is -0.489 e. The first-order valence-corrected chi connectivity index (χ1v) is 13.6. The third kappa shape index (κ3) is 5.87. The van der Waals surface area contributed by atoms with E-state index in [1.165, 1.54) is 6.20 Å². The molecule has 0 radical (unpaired) electrons. The molecule has 0 spiro atoms. The van der Waals surface area contributed by atoms with Crippen molar-refractivity contribution >= 4 is 11.9 Å². The Morgan fingerprint density at radius 3 is 2.27 bits per heavy atom. The predicted molar refractivity (Wildman–Crippen MR) is 152 cm³/mol. The lowest BCUT2D eigenvalue weighted by molar-refractivity contribution is 0.0491. The van der Waals surface area contributed by atoms with Gasteiger partial charge in [-0.05, 0) is 36.6 Å². The SMILES string of the molecule is CCOC(=O)c1cn(CC2c3ccccc3COc3ccccc32)c(C(=O)OCC)c(OCc2ccccc2)c1=O. The molecule has 1 aromatic heterocycles. The summed E-state index contributed by atoms with van der Waals surface area (Å²) in [4.78, 5) is 40.1. The van der Waals surface area contributed by atoms with Gasteiger partial charge in [-0.3, -0.25) is 4.79 Å². The summed E-state index contributed by atoms with van der Waals surface area (Å²) in [7, 11) is 0. The zero-order chi connectivity index (χ0) is 28.8. The van der Waals surface area contributed by atoms with E-state index in [9.17, 15) is 14.4 Å². The van der Waals surface area contributed by atoms with Crippen LogP contribution >= 0.6 is 0 Å². The topological polar surface area (TPSA) is 93.1 Å². The number of esters is 2. The number of rotatable bonds is 9. The fourth-order valence-electron chi connectivity index (χ4n) is 5.03. The molecule has 41 heavy (non-hydrogen) atoms. The predicted octanol–water partition coefficient (Wildman–Crippen LogP) is 5.51. The van der Waals surface area contributed by atoms with Gasteiger partial charge in [0.15, 0.2) is 11.4 Å². The molecule has 4 aromatic rings. The molecule has 210 valence electrons. The number of para-hydroxylation sites is 1. The van der Waals surface area contributed by atoms with Crippen molar-refractivity contribution in [3.05, 3.63) is 129 Å². The average molecular weight is 554 g/mol. The fraction of sp³-hybridized carbons (Fsp3) is 0.242. The maximum absolute atomic E-state index is 13.7. The Bertz CT molecular complexity index is 1560. The van der Waals surface area contributed by atoms with Crippen LogP contribution in [0.5, 0.6) is 11.5 Å². The molecule has 0 aliphatic carbocycles. The maximum atomic E-state index is 13.7. The van der Waals surface area contributed by atoms with Crippen LogP contribution in [0.4, 0.5) is 0 Å². The van der Waals surface area contributed by atoms with Crippen LogP contribution in [0.15, 0.2) is 89.9 Å². The molecule has 0 N–H and O–H groups in total. The molecule has 3 aromatic carbocycles. The number of nitrogens with zero attached hydrogens (tertiary/aromatic N) is 1. The number of carbonyl (C=O) groups excluding carboxylic acids is 2. The molecule has 0 saturated carbocycles. The van der Waals surface area contributed by atoms with Gasteiger partial charge in [-0.15, -0.1) is 0 Å². The molecule has 0 saturated heterocycles. The molecule has 0 fully saturated rings. The molecule has 5 rings (SSSR count). The Balaban J connectivity index is 1.70. The van der Waals surface area contributed by atoms with E-state index in [0.717, 1.165) is 28.0 Å². The Morgan fingerprint density at radius 1 is 0.854 bits per heavy atom. The van der Waals surface area contributed by atoms with Gasteiger partial charge in [0.2, 0.25) is 5.43 Å². The van der Waals surface area contributed by atoms with Crippen LogP contribution in [-0.4, -0.2) is 29.7 Å². The highest BCUT2D eigenvalue weighted by Gasteiger charge is 2.31. The van der Waals surface area contributed by atoms with Crippen molar-refractivity contribution in [1.29, 1.82) is 0 Å². The first-order valence-electron chi connectivity index (χ1n) is 13.6. The molecule has 2 heterocycles. The molecule has 8 heteroatoms. The van der Waals surface area contributed by atoms with E-state index in [2.05, 4.69) is 0 Å². The first kappa shape index (κ1) is 27.7. The second-order valence-corrected chi connectivity index (χ2v) is 9.50. The maximum Gasteiger partial charge on any atom is 0.358 e. The Morgan fingerprint density at radius 2 is 1.51 bits per heavy atom. The van der Waals surface area contributed by atoms with Gasteiger partial charge >= 0.3 is 11.9 Å². The van der Waals surface area contributed by atoms with Gasteiger partial charge in [0, 0.05) is 24.2 Å². The normalized spacial score (nSPS) is 13.7. The molecule has 0 amide bonds. The third-order valence-electron chi connectivity index (χ3n) is 6.92. The number of benzene rings is 3. The quantitative estimate of drug-likeness (QED) is 0.253. The Kier molecular flexibility index (Phi) is 8.48. The lowest BCUT2D eigenvalue weighted by Gasteiger charge is -2.24. The van der Waals surface area contributed by atoms with Gasteiger partial charge in [-0.1, -0.05) is 72.8 Å². The molecule has 1 aliphatic rings. The van der Waals surface area contributed by atoms with Crippen LogP contribution in [0.2, 0.25) is 0 Å². The highest BCUT2D eigenvalue weighted by Crippen LogP contribution is 2.39. The second kappa shape index (κ2) is 12.6. The van der Waals surface area contributed by atoms with Crippen LogP contribution < -0.4 is 14.9 Å². The molecule has 1 unspecified atom stereocenters. The van der Waals surface area contributed by atoms with Gasteiger partial charge in [-0.2, -0.15) is 0 Å². The zero-order valence-corrected chi connectivity index (χ0v) is 23.0. The number of pyridine rings is 1. The third-order valence-corrected chi connectivity index (χ3v) is 6.92. The highest BCUT2D eigenvalue weighted by molar-refractivity contribution is 5.94. The van der Waals surface area contributed by atoms with Crippen LogP contribution in [0.3, 0.4) is 0 Å². The molecule has 1 atom stereocenters. The fourth-order valence-corrected chi connectivity index (χ4v) is 5.03. The van der Waals surface area contributed by atoms with E-state index in [4.69, 9.17) is 18.9 Å². The first-order chi connectivity index (χ1) is 20.0. The molecular formula is C33H31NO7. The van der Waals surface area contributed by atoms with Crippen molar-refractivity contribution in [2.75, 3.05) is 13.2 Å². The highest BCUT2D eigenvalue weighted by atomic mass is 16.5. The lowest BCUT2D eigenvalue weighted by Crippen LogP contribution is -2.29. The van der Waals surface area contributed by atoms with E-state index < -0.39 is 17.4 Å². The van der Waals surface area contributed by atoms with Crippen LogP contribution in [-0.2, 0) is 29.2 Å². The minimum atomic E-state index is -0.795. The zero-order valence-electron chi connectivity index (χ0n) is 23.0. The molecule has 0 bridgehead atoms. The van der Waals surface area contributed by atoms with E-state index in [1.54, 1.807) is 18.4 Å². The Hall–Kier alpha value is -4.85. The van der Waals surface area contributed by atoms with E-state index in [1.807, 2.05) is 78.9 Å². The van der Waals surface area contributed by atoms with E-state index >= 15 is 0 Å². The van der Waals surface area contributed by atoms with Gasteiger partial charge in [0.05, 0.1) is 13.2 Å². The largest absolute Gasteiger partial charge is 0.489 e.